The lowest BCUT2D eigenvalue weighted by atomic mass is 10.1. The van der Waals surface area contributed by atoms with E-state index in [0.29, 0.717) is 6.04 Å². The van der Waals surface area contributed by atoms with Crippen molar-refractivity contribution in [2.75, 3.05) is 5.32 Å². The minimum absolute atomic E-state index is 0.394. The van der Waals surface area contributed by atoms with Crippen molar-refractivity contribution in [3.63, 3.8) is 0 Å². The molecule has 0 fully saturated rings. The molecule has 0 aliphatic heterocycles. The fourth-order valence-electron chi connectivity index (χ4n) is 1.53. The Kier molecular flexibility index (Phi) is 3.06. The lowest BCUT2D eigenvalue weighted by Gasteiger charge is -2.11. The highest BCUT2D eigenvalue weighted by Gasteiger charge is 2.05. The maximum absolute atomic E-state index is 4.22. The quantitative estimate of drug-likeness (QED) is 0.833. The van der Waals surface area contributed by atoms with Crippen LogP contribution in [0.15, 0.2) is 23.0 Å². The lowest BCUT2D eigenvalue weighted by Crippen LogP contribution is -2.18. The van der Waals surface area contributed by atoms with Crippen LogP contribution >= 0.6 is 11.3 Å². The molecular weight excluding hydrogens is 206 g/mol. The van der Waals surface area contributed by atoms with Gasteiger partial charge in [-0.2, -0.15) is 11.3 Å². The molecule has 0 spiro atoms. The number of rotatable bonds is 4. The zero-order valence-corrected chi connectivity index (χ0v) is 9.77. The SMILES string of the molecule is Cc1cnc(NC(C)Cc2ccsc2)[nH]1. The predicted molar refractivity (Wildman–Crippen MR) is 64.4 cm³/mol. The van der Waals surface area contributed by atoms with Crippen LogP contribution in [-0.2, 0) is 6.42 Å². The van der Waals surface area contributed by atoms with Gasteiger partial charge in [0.1, 0.15) is 0 Å². The van der Waals surface area contributed by atoms with E-state index in [4.69, 9.17) is 0 Å². The molecule has 0 aliphatic carbocycles. The third-order valence-corrected chi connectivity index (χ3v) is 2.94. The van der Waals surface area contributed by atoms with Crippen LogP contribution in [0.1, 0.15) is 18.2 Å². The molecule has 0 saturated heterocycles. The second-order valence-electron chi connectivity index (χ2n) is 3.80. The first kappa shape index (κ1) is 10.2. The van der Waals surface area contributed by atoms with Gasteiger partial charge in [-0.05, 0) is 42.7 Å². The van der Waals surface area contributed by atoms with Gasteiger partial charge in [-0.1, -0.05) is 0 Å². The monoisotopic (exact) mass is 221 g/mol. The number of nitrogens with one attached hydrogen (secondary N) is 2. The Morgan fingerprint density at radius 3 is 3.07 bits per heavy atom. The summed E-state index contributed by atoms with van der Waals surface area (Å²) in [7, 11) is 0. The van der Waals surface area contributed by atoms with Crippen LogP contribution in [0.4, 0.5) is 5.95 Å². The van der Waals surface area contributed by atoms with Crippen molar-refractivity contribution in [3.05, 3.63) is 34.3 Å². The number of H-pyrrole nitrogens is 1. The molecule has 0 radical (unpaired) electrons. The molecule has 15 heavy (non-hydrogen) atoms. The van der Waals surface area contributed by atoms with E-state index in [1.54, 1.807) is 11.3 Å². The summed E-state index contributed by atoms with van der Waals surface area (Å²) < 4.78 is 0. The van der Waals surface area contributed by atoms with Gasteiger partial charge in [0.05, 0.1) is 0 Å². The van der Waals surface area contributed by atoms with Crippen LogP contribution in [0.3, 0.4) is 0 Å². The van der Waals surface area contributed by atoms with E-state index < -0.39 is 0 Å². The van der Waals surface area contributed by atoms with E-state index in [0.717, 1.165) is 18.1 Å². The van der Waals surface area contributed by atoms with Gasteiger partial charge in [-0.25, -0.2) is 4.98 Å². The predicted octanol–water partition coefficient (Wildman–Crippen LogP) is 2.82. The molecule has 2 rings (SSSR count). The molecule has 0 bridgehead atoms. The van der Waals surface area contributed by atoms with Crippen LogP contribution in [0.5, 0.6) is 0 Å². The summed E-state index contributed by atoms with van der Waals surface area (Å²) in [6.45, 7) is 4.16. The maximum atomic E-state index is 4.22. The second-order valence-corrected chi connectivity index (χ2v) is 4.58. The molecule has 2 N–H and O–H groups in total. The van der Waals surface area contributed by atoms with Gasteiger partial charge in [0.2, 0.25) is 5.95 Å². The number of aromatic amines is 1. The summed E-state index contributed by atoms with van der Waals surface area (Å²) in [6.07, 6.45) is 2.86. The molecule has 3 nitrogen and oxygen atoms in total. The van der Waals surface area contributed by atoms with Gasteiger partial charge in [0.25, 0.3) is 0 Å². The summed E-state index contributed by atoms with van der Waals surface area (Å²) in [5, 5.41) is 7.64. The van der Waals surface area contributed by atoms with Crippen LogP contribution in [0, 0.1) is 6.92 Å². The van der Waals surface area contributed by atoms with E-state index in [-0.39, 0.29) is 0 Å². The number of hydrogen-bond acceptors (Lipinski definition) is 3. The molecular formula is C11H15N3S. The summed E-state index contributed by atoms with van der Waals surface area (Å²) in [4.78, 5) is 7.39. The molecule has 0 amide bonds. The summed E-state index contributed by atoms with van der Waals surface area (Å²) >= 11 is 1.74. The number of hydrogen-bond donors (Lipinski definition) is 2. The van der Waals surface area contributed by atoms with Gasteiger partial charge in [0, 0.05) is 17.9 Å². The number of anilines is 1. The number of imidazole rings is 1. The average Bonchev–Trinajstić information content (AvgIpc) is 2.77. The number of aryl methyl sites for hydroxylation is 1. The van der Waals surface area contributed by atoms with Crippen molar-refractivity contribution in [1.82, 2.24) is 9.97 Å². The average molecular weight is 221 g/mol. The molecule has 2 heterocycles. The van der Waals surface area contributed by atoms with Crippen LogP contribution < -0.4 is 5.32 Å². The third-order valence-electron chi connectivity index (χ3n) is 2.21. The number of nitrogens with zero attached hydrogens (tertiary/aromatic N) is 1. The topological polar surface area (TPSA) is 40.7 Å². The molecule has 0 aliphatic rings. The zero-order valence-electron chi connectivity index (χ0n) is 8.95. The molecule has 1 unspecified atom stereocenters. The zero-order chi connectivity index (χ0) is 10.7. The van der Waals surface area contributed by atoms with Crippen molar-refractivity contribution in [2.24, 2.45) is 0 Å². The van der Waals surface area contributed by atoms with Gasteiger partial charge in [0.15, 0.2) is 0 Å². The molecule has 4 heteroatoms. The molecule has 2 aromatic rings. The highest BCUT2D eigenvalue weighted by atomic mass is 32.1. The first-order chi connectivity index (χ1) is 7.24. The fraction of sp³-hybridized carbons (Fsp3) is 0.364. The van der Waals surface area contributed by atoms with Crippen molar-refractivity contribution in [2.45, 2.75) is 26.3 Å². The molecule has 2 aromatic heterocycles. The van der Waals surface area contributed by atoms with Gasteiger partial charge >= 0.3 is 0 Å². The van der Waals surface area contributed by atoms with Crippen molar-refractivity contribution in [3.8, 4) is 0 Å². The summed E-state index contributed by atoms with van der Waals surface area (Å²) in [5.74, 6) is 0.857. The van der Waals surface area contributed by atoms with Crippen molar-refractivity contribution < 1.29 is 0 Å². The first-order valence-corrected chi connectivity index (χ1v) is 5.97. The minimum atomic E-state index is 0.394. The van der Waals surface area contributed by atoms with E-state index in [2.05, 4.69) is 39.0 Å². The fourth-order valence-corrected chi connectivity index (χ4v) is 2.21. The maximum Gasteiger partial charge on any atom is 0.200 e. The largest absolute Gasteiger partial charge is 0.353 e. The number of aromatic nitrogens is 2. The Morgan fingerprint density at radius 1 is 1.60 bits per heavy atom. The smallest absolute Gasteiger partial charge is 0.200 e. The van der Waals surface area contributed by atoms with Crippen LogP contribution in [0.25, 0.3) is 0 Å². The Balaban J connectivity index is 1.90. The van der Waals surface area contributed by atoms with E-state index in [9.17, 15) is 0 Å². The summed E-state index contributed by atoms with van der Waals surface area (Å²) in [5.41, 5.74) is 2.46. The van der Waals surface area contributed by atoms with E-state index >= 15 is 0 Å². The van der Waals surface area contributed by atoms with Gasteiger partial charge < -0.3 is 10.3 Å². The van der Waals surface area contributed by atoms with Crippen LogP contribution in [0.2, 0.25) is 0 Å². The van der Waals surface area contributed by atoms with Gasteiger partial charge in [-0.15, -0.1) is 0 Å². The van der Waals surface area contributed by atoms with Crippen molar-refractivity contribution >= 4 is 17.3 Å². The van der Waals surface area contributed by atoms with Crippen molar-refractivity contribution in [1.29, 1.82) is 0 Å². The first-order valence-electron chi connectivity index (χ1n) is 5.03. The third kappa shape index (κ3) is 2.83. The Bertz CT molecular complexity index is 405. The highest BCUT2D eigenvalue weighted by Crippen LogP contribution is 2.11. The molecule has 0 saturated carbocycles. The second kappa shape index (κ2) is 4.49. The van der Waals surface area contributed by atoms with E-state index in [1.807, 2.05) is 13.1 Å². The van der Waals surface area contributed by atoms with Crippen LogP contribution in [-0.4, -0.2) is 16.0 Å². The summed E-state index contributed by atoms with van der Waals surface area (Å²) in [6, 6.07) is 2.56. The minimum Gasteiger partial charge on any atom is -0.353 e. The lowest BCUT2D eigenvalue weighted by molar-refractivity contribution is 0.782. The molecule has 80 valence electrons. The Morgan fingerprint density at radius 2 is 2.47 bits per heavy atom. The number of thiophene rings is 1. The van der Waals surface area contributed by atoms with E-state index in [1.165, 1.54) is 5.56 Å². The van der Waals surface area contributed by atoms with Gasteiger partial charge in [-0.3, -0.25) is 0 Å². The standard InChI is InChI=1S/C11H15N3S/c1-8(5-10-3-4-15-7-10)13-11-12-6-9(2)14-11/h3-4,6-8H,5H2,1-2H3,(H2,12,13,14). The Labute approximate surface area is 93.6 Å². The normalized spacial score (nSPS) is 12.7. The highest BCUT2D eigenvalue weighted by molar-refractivity contribution is 7.07. The molecule has 0 aromatic carbocycles. The molecule has 1 atom stereocenters. The Hall–Kier alpha value is -1.29.